The third kappa shape index (κ3) is 2.98. The van der Waals surface area contributed by atoms with Gasteiger partial charge < -0.3 is 19.5 Å². The Morgan fingerprint density at radius 3 is 2.24 bits per heavy atom. The van der Waals surface area contributed by atoms with Gasteiger partial charge >= 0.3 is 0 Å². The summed E-state index contributed by atoms with van der Waals surface area (Å²) in [5, 5.41) is 2.90. The Morgan fingerprint density at radius 1 is 1.04 bits per heavy atom. The first kappa shape index (κ1) is 17.4. The zero-order valence-corrected chi connectivity index (χ0v) is 16.0. The minimum absolute atomic E-state index is 0.134. The van der Waals surface area contributed by atoms with E-state index in [1.165, 1.54) is 0 Å². The SMILES string of the molecule is COc1cc(C=C2C(=O)Nc3ccc(Br)c(C)c32)cc(OC)c1OC. The van der Waals surface area contributed by atoms with E-state index < -0.39 is 0 Å². The largest absolute Gasteiger partial charge is 0.493 e. The summed E-state index contributed by atoms with van der Waals surface area (Å²) in [6.07, 6.45) is 1.82. The number of carbonyl (C=O) groups is 1. The van der Waals surface area contributed by atoms with Crippen molar-refractivity contribution in [3.63, 3.8) is 0 Å². The predicted octanol–water partition coefficient (Wildman–Crippen LogP) is 4.28. The minimum atomic E-state index is -0.134. The van der Waals surface area contributed by atoms with E-state index in [1.54, 1.807) is 21.3 Å². The summed E-state index contributed by atoms with van der Waals surface area (Å²) in [6.45, 7) is 1.98. The molecule has 0 radical (unpaired) electrons. The first-order valence-corrected chi connectivity index (χ1v) is 8.42. The average molecular weight is 404 g/mol. The lowest BCUT2D eigenvalue weighted by Crippen LogP contribution is -2.03. The molecule has 130 valence electrons. The number of ether oxygens (including phenoxy) is 3. The zero-order chi connectivity index (χ0) is 18.1. The second-order valence-corrected chi connectivity index (χ2v) is 6.42. The lowest BCUT2D eigenvalue weighted by Gasteiger charge is -2.13. The molecule has 5 nitrogen and oxygen atoms in total. The number of benzene rings is 2. The van der Waals surface area contributed by atoms with Crippen LogP contribution in [0.3, 0.4) is 0 Å². The van der Waals surface area contributed by atoms with Gasteiger partial charge in [-0.3, -0.25) is 4.79 Å². The molecule has 0 atom stereocenters. The molecule has 1 N–H and O–H groups in total. The maximum Gasteiger partial charge on any atom is 0.256 e. The average Bonchev–Trinajstić information content (AvgIpc) is 2.93. The molecule has 6 heteroatoms. The van der Waals surface area contributed by atoms with Crippen LogP contribution in [0, 0.1) is 6.92 Å². The molecule has 1 amide bonds. The number of nitrogens with one attached hydrogen (secondary N) is 1. The van der Waals surface area contributed by atoms with E-state index in [0.29, 0.717) is 22.8 Å². The molecule has 0 spiro atoms. The Morgan fingerprint density at radius 2 is 1.68 bits per heavy atom. The Bertz CT molecular complexity index is 864. The fraction of sp³-hybridized carbons (Fsp3) is 0.211. The van der Waals surface area contributed by atoms with Crippen molar-refractivity contribution in [2.45, 2.75) is 6.92 Å². The number of halogens is 1. The molecule has 0 saturated heterocycles. The van der Waals surface area contributed by atoms with Crippen LogP contribution in [0.4, 0.5) is 5.69 Å². The number of rotatable bonds is 4. The normalized spacial score (nSPS) is 14.3. The number of carbonyl (C=O) groups excluding carboxylic acids is 1. The highest BCUT2D eigenvalue weighted by Gasteiger charge is 2.27. The van der Waals surface area contributed by atoms with Crippen molar-refractivity contribution in [2.24, 2.45) is 0 Å². The van der Waals surface area contributed by atoms with Gasteiger partial charge in [-0.1, -0.05) is 15.9 Å². The van der Waals surface area contributed by atoms with Crippen LogP contribution in [0.1, 0.15) is 16.7 Å². The van der Waals surface area contributed by atoms with Crippen molar-refractivity contribution in [1.82, 2.24) is 0 Å². The Kier molecular flexibility index (Phi) is 4.72. The van der Waals surface area contributed by atoms with Crippen LogP contribution in [0.25, 0.3) is 11.6 Å². The van der Waals surface area contributed by atoms with E-state index in [2.05, 4.69) is 21.2 Å². The zero-order valence-electron chi connectivity index (χ0n) is 14.4. The van der Waals surface area contributed by atoms with Gasteiger partial charge in [-0.05, 0) is 48.4 Å². The monoisotopic (exact) mass is 403 g/mol. The summed E-state index contributed by atoms with van der Waals surface area (Å²) in [5.74, 6) is 1.46. The van der Waals surface area contributed by atoms with Crippen LogP contribution in [-0.2, 0) is 4.79 Å². The lowest BCUT2D eigenvalue weighted by molar-refractivity contribution is -0.110. The minimum Gasteiger partial charge on any atom is -0.493 e. The predicted molar refractivity (Wildman–Crippen MR) is 101 cm³/mol. The molecule has 25 heavy (non-hydrogen) atoms. The van der Waals surface area contributed by atoms with E-state index in [-0.39, 0.29) is 5.91 Å². The van der Waals surface area contributed by atoms with Crippen molar-refractivity contribution < 1.29 is 19.0 Å². The van der Waals surface area contributed by atoms with Gasteiger partial charge in [0, 0.05) is 21.3 Å². The number of hydrogen-bond acceptors (Lipinski definition) is 4. The summed E-state index contributed by atoms with van der Waals surface area (Å²) in [4.78, 5) is 12.4. The Balaban J connectivity index is 2.17. The standard InChI is InChI=1S/C19H18BrNO4/c1-10-13(20)5-6-14-17(10)12(19(22)21-14)7-11-8-15(23-2)18(25-4)16(9-11)24-3/h5-9H,1-4H3,(H,21,22). The highest BCUT2D eigenvalue weighted by atomic mass is 79.9. The number of amides is 1. The molecule has 1 aliphatic heterocycles. The van der Waals surface area contributed by atoms with Crippen molar-refractivity contribution >= 4 is 39.2 Å². The summed E-state index contributed by atoms with van der Waals surface area (Å²) < 4.78 is 17.1. The molecule has 1 heterocycles. The topological polar surface area (TPSA) is 56.8 Å². The maximum absolute atomic E-state index is 12.4. The fourth-order valence-electron chi connectivity index (χ4n) is 2.93. The summed E-state index contributed by atoms with van der Waals surface area (Å²) in [5.41, 5.74) is 4.10. The summed E-state index contributed by atoms with van der Waals surface area (Å²) >= 11 is 3.52. The molecule has 0 bridgehead atoms. The molecular formula is C19H18BrNO4. The van der Waals surface area contributed by atoms with Gasteiger partial charge in [0.25, 0.3) is 5.91 Å². The van der Waals surface area contributed by atoms with Crippen LogP contribution in [0.2, 0.25) is 0 Å². The number of hydrogen-bond donors (Lipinski definition) is 1. The molecule has 0 saturated carbocycles. The number of fused-ring (bicyclic) bond motifs is 1. The lowest BCUT2D eigenvalue weighted by atomic mass is 9.99. The summed E-state index contributed by atoms with van der Waals surface area (Å²) in [6, 6.07) is 7.44. The number of methoxy groups -OCH3 is 3. The molecule has 0 unspecified atom stereocenters. The quantitative estimate of drug-likeness (QED) is 0.774. The van der Waals surface area contributed by atoms with E-state index in [1.807, 2.05) is 37.3 Å². The van der Waals surface area contributed by atoms with Gasteiger partial charge in [-0.25, -0.2) is 0 Å². The van der Waals surface area contributed by atoms with E-state index in [0.717, 1.165) is 26.9 Å². The van der Waals surface area contributed by atoms with Crippen LogP contribution in [0.15, 0.2) is 28.7 Å². The molecule has 2 aromatic carbocycles. The van der Waals surface area contributed by atoms with E-state index >= 15 is 0 Å². The first-order valence-electron chi connectivity index (χ1n) is 7.62. The van der Waals surface area contributed by atoms with Gasteiger partial charge in [-0.2, -0.15) is 0 Å². The summed E-state index contributed by atoms with van der Waals surface area (Å²) in [7, 11) is 4.68. The van der Waals surface area contributed by atoms with Gasteiger partial charge in [-0.15, -0.1) is 0 Å². The van der Waals surface area contributed by atoms with Crippen molar-refractivity contribution in [2.75, 3.05) is 26.6 Å². The highest BCUT2D eigenvalue weighted by molar-refractivity contribution is 9.10. The second-order valence-electron chi connectivity index (χ2n) is 5.57. The smallest absolute Gasteiger partial charge is 0.256 e. The molecule has 0 fully saturated rings. The molecule has 0 aromatic heterocycles. The molecule has 0 aliphatic carbocycles. The Hall–Kier alpha value is -2.47. The molecule has 1 aliphatic rings. The first-order chi connectivity index (χ1) is 12.0. The van der Waals surface area contributed by atoms with Crippen molar-refractivity contribution in [3.8, 4) is 17.2 Å². The van der Waals surface area contributed by atoms with Crippen LogP contribution in [0.5, 0.6) is 17.2 Å². The maximum atomic E-state index is 12.4. The van der Waals surface area contributed by atoms with Crippen molar-refractivity contribution in [3.05, 3.63) is 45.4 Å². The second kappa shape index (κ2) is 6.80. The third-order valence-corrected chi connectivity index (χ3v) is 5.02. The van der Waals surface area contributed by atoms with E-state index in [9.17, 15) is 4.79 Å². The molecular weight excluding hydrogens is 386 g/mol. The fourth-order valence-corrected chi connectivity index (χ4v) is 3.26. The van der Waals surface area contributed by atoms with E-state index in [4.69, 9.17) is 14.2 Å². The van der Waals surface area contributed by atoms with Crippen LogP contribution in [-0.4, -0.2) is 27.2 Å². The molecule has 2 aromatic rings. The van der Waals surface area contributed by atoms with Gasteiger partial charge in [0.15, 0.2) is 11.5 Å². The van der Waals surface area contributed by atoms with Crippen LogP contribution < -0.4 is 19.5 Å². The highest BCUT2D eigenvalue weighted by Crippen LogP contribution is 2.41. The van der Waals surface area contributed by atoms with Gasteiger partial charge in [0.1, 0.15) is 0 Å². The Labute approximate surface area is 154 Å². The molecule has 3 rings (SSSR count). The van der Waals surface area contributed by atoms with Crippen molar-refractivity contribution in [1.29, 1.82) is 0 Å². The number of anilines is 1. The van der Waals surface area contributed by atoms with Gasteiger partial charge in [0.2, 0.25) is 5.75 Å². The third-order valence-electron chi connectivity index (χ3n) is 4.16. The van der Waals surface area contributed by atoms with Crippen LogP contribution >= 0.6 is 15.9 Å². The van der Waals surface area contributed by atoms with Gasteiger partial charge in [0.05, 0.1) is 21.3 Å².